The van der Waals surface area contributed by atoms with Crippen LogP contribution in [0.2, 0.25) is 0 Å². The standard InChI is InChI=1S/C20H24F3N3O/c21-20(22,23)13-26-19(27)7-6-18(24-26)16-5-4-14-8-10-25(17-2-1-3-17)11-9-15(14)12-16/h4-5,12,17H,1-3,6-11,13H2. The van der Waals surface area contributed by atoms with Gasteiger partial charge in [0.2, 0.25) is 5.91 Å². The van der Waals surface area contributed by atoms with Crippen LogP contribution in [-0.2, 0) is 17.6 Å². The molecule has 1 aromatic carbocycles. The minimum Gasteiger partial charge on any atom is -0.300 e. The molecular weight excluding hydrogens is 355 g/mol. The zero-order valence-electron chi connectivity index (χ0n) is 15.3. The Kier molecular flexibility index (Phi) is 4.97. The van der Waals surface area contributed by atoms with Crippen LogP contribution in [0.25, 0.3) is 0 Å². The summed E-state index contributed by atoms with van der Waals surface area (Å²) < 4.78 is 38.0. The molecule has 0 saturated heterocycles. The summed E-state index contributed by atoms with van der Waals surface area (Å²) in [7, 11) is 0. The summed E-state index contributed by atoms with van der Waals surface area (Å²) in [5.41, 5.74) is 3.99. The third kappa shape index (κ3) is 4.18. The van der Waals surface area contributed by atoms with E-state index in [1.54, 1.807) is 0 Å². The third-order valence-electron chi connectivity index (χ3n) is 5.90. The molecule has 7 heteroatoms. The maximum Gasteiger partial charge on any atom is 0.408 e. The maximum absolute atomic E-state index is 12.7. The summed E-state index contributed by atoms with van der Waals surface area (Å²) in [6.45, 7) is 0.786. The number of alkyl halides is 3. The van der Waals surface area contributed by atoms with Crippen molar-refractivity contribution in [1.29, 1.82) is 0 Å². The summed E-state index contributed by atoms with van der Waals surface area (Å²) >= 11 is 0. The predicted octanol–water partition coefficient (Wildman–Crippen LogP) is 3.53. The minimum atomic E-state index is -4.44. The molecule has 1 aliphatic carbocycles. The molecule has 0 unspecified atom stereocenters. The highest BCUT2D eigenvalue weighted by Gasteiger charge is 2.35. The fourth-order valence-corrected chi connectivity index (χ4v) is 4.14. The SMILES string of the molecule is O=C1CCC(c2ccc3c(c2)CCN(C2CCC2)CC3)=NN1CC(F)(F)F. The average molecular weight is 379 g/mol. The second kappa shape index (κ2) is 7.26. The van der Waals surface area contributed by atoms with Crippen LogP contribution in [0.5, 0.6) is 0 Å². The van der Waals surface area contributed by atoms with E-state index < -0.39 is 18.6 Å². The number of carbonyl (C=O) groups is 1. The number of fused-ring (bicyclic) bond motifs is 1. The van der Waals surface area contributed by atoms with Gasteiger partial charge in [-0.1, -0.05) is 18.6 Å². The second-order valence-corrected chi connectivity index (χ2v) is 7.72. The van der Waals surface area contributed by atoms with E-state index in [4.69, 9.17) is 0 Å². The predicted molar refractivity (Wildman–Crippen MR) is 96.6 cm³/mol. The Morgan fingerprint density at radius 2 is 1.78 bits per heavy atom. The first-order chi connectivity index (χ1) is 12.9. The van der Waals surface area contributed by atoms with Crippen LogP contribution in [0.15, 0.2) is 23.3 Å². The van der Waals surface area contributed by atoms with E-state index in [2.05, 4.69) is 22.1 Å². The number of amides is 1. The van der Waals surface area contributed by atoms with Gasteiger partial charge in [0, 0.05) is 32.0 Å². The van der Waals surface area contributed by atoms with Gasteiger partial charge in [0.15, 0.2) is 0 Å². The quantitative estimate of drug-likeness (QED) is 0.806. The number of rotatable bonds is 3. The molecule has 1 amide bonds. The van der Waals surface area contributed by atoms with Crippen LogP contribution in [-0.4, -0.2) is 53.4 Å². The van der Waals surface area contributed by atoms with Gasteiger partial charge in [-0.2, -0.15) is 18.3 Å². The highest BCUT2D eigenvalue weighted by molar-refractivity contribution is 6.04. The molecule has 2 aliphatic heterocycles. The van der Waals surface area contributed by atoms with E-state index in [0.29, 0.717) is 17.1 Å². The van der Waals surface area contributed by atoms with Crippen molar-refractivity contribution in [3.8, 4) is 0 Å². The highest BCUT2D eigenvalue weighted by atomic mass is 19.4. The van der Waals surface area contributed by atoms with Crippen molar-refractivity contribution < 1.29 is 18.0 Å². The molecule has 1 saturated carbocycles. The first-order valence-corrected chi connectivity index (χ1v) is 9.70. The van der Waals surface area contributed by atoms with Crippen LogP contribution in [0.1, 0.15) is 48.8 Å². The van der Waals surface area contributed by atoms with Crippen molar-refractivity contribution in [2.75, 3.05) is 19.6 Å². The van der Waals surface area contributed by atoms with Crippen LogP contribution in [0.3, 0.4) is 0 Å². The van der Waals surface area contributed by atoms with Crippen LogP contribution < -0.4 is 0 Å². The first-order valence-electron chi connectivity index (χ1n) is 9.70. The monoisotopic (exact) mass is 379 g/mol. The molecule has 0 spiro atoms. The van der Waals surface area contributed by atoms with Crippen molar-refractivity contribution in [2.45, 2.75) is 57.2 Å². The molecule has 4 nitrogen and oxygen atoms in total. The number of hydrogen-bond acceptors (Lipinski definition) is 3. The first kappa shape index (κ1) is 18.5. The normalized spacial score (nSPS) is 22.1. The summed E-state index contributed by atoms with van der Waals surface area (Å²) in [5, 5.41) is 4.60. The lowest BCUT2D eigenvalue weighted by molar-refractivity contribution is -0.161. The van der Waals surface area contributed by atoms with Crippen molar-refractivity contribution in [3.63, 3.8) is 0 Å². The number of hydrazone groups is 1. The van der Waals surface area contributed by atoms with Gasteiger partial charge in [-0.3, -0.25) is 9.69 Å². The van der Waals surface area contributed by atoms with Crippen LogP contribution >= 0.6 is 0 Å². The fourth-order valence-electron chi connectivity index (χ4n) is 4.14. The number of halogens is 3. The zero-order chi connectivity index (χ0) is 19.0. The summed E-state index contributed by atoms with van der Waals surface area (Å²) in [6.07, 6.45) is 1.89. The number of nitrogens with zero attached hydrogens (tertiary/aromatic N) is 3. The largest absolute Gasteiger partial charge is 0.408 e. The Morgan fingerprint density at radius 1 is 1.04 bits per heavy atom. The Morgan fingerprint density at radius 3 is 2.44 bits per heavy atom. The molecule has 146 valence electrons. The summed E-state index contributed by atoms with van der Waals surface area (Å²) in [5.74, 6) is -0.568. The van der Waals surface area contributed by atoms with E-state index in [0.717, 1.165) is 37.5 Å². The lowest BCUT2D eigenvalue weighted by Crippen LogP contribution is -2.41. The third-order valence-corrected chi connectivity index (χ3v) is 5.90. The van der Waals surface area contributed by atoms with Crippen molar-refractivity contribution >= 4 is 11.6 Å². The number of benzene rings is 1. The van der Waals surface area contributed by atoms with Crippen molar-refractivity contribution in [2.24, 2.45) is 5.10 Å². The van der Waals surface area contributed by atoms with Crippen LogP contribution in [0.4, 0.5) is 13.2 Å². The summed E-state index contributed by atoms with van der Waals surface area (Å²) in [6, 6.07) is 6.82. The van der Waals surface area contributed by atoms with E-state index >= 15 is 0 Å². The topological polar surface area (TPSA) is 35.9 Å². The number of hydrogen-bond donors (Lipinski definition) is 0. The Balaban J connectivity index is 1.52. The van der Waals surface area contributed by atoms with E-state index in [9.17, 15) is 18.0 Å². The zero-order valence-corrected chi connectivity index (χ0v) is 15.3. The molecule has 0 atom stereocenters. The number of carbonyl (C=O) groups excluding carboxylic acids is 1. The molecule has 0 aromatic heterocycles. The second-order valence-electron chi connectivity index (χ2n) is 7.72. The molecule has 1 fully saturated rings. The van der Waals surface area contributed by atoms with Gasteiger partial charge in [-0.15, -0.1) is 0 Å². The average Bonchev–Trinajstić information content (AvgIpc) is 2.76. The lowest BCUT2D eigenvalue weighted by atomic mass is 9.91. The molecule has 27 heavy (non-hydrogen) atoms. The molecule has 0 bridgehead atoms. The van der Waals surface area contributed by atoms with Crippen LogP contribution in [0, 0.1) is 0 Å². The molecule has 0 radical (unpaired) electrons. The van der Waals surface area contributed by atoms with E-state index in [-0.39, 0.29) is 6.42 Å². The van der Waals surface area contributed by atoms with Gasteiger partial charge in [0.1, 0.15) is 6.54 Å². The van der Waals surface area contributed by atoms with Crippen molar-refractivity contribution in [1.82, 2.24) is 9.91 Å². The smallest absolute Gasteiger partial charge is 0.300 e. The van der Waals surface area contributed by atoms with E-state index in [1.807, 2.05) is 6.07 Å². The molecule has 4 rings (SSSR count). The van der Waals surface area contributed by atoms with Gasteiger partial charge in [0.05, 0.1) is 5.71 Å². The van der Waals surface area contributed by atoms with Gasteiger partial charge in [-0.05, 0) is 48.4 Å². The van der Waals surface area contributed by atoms with Crippen molar-refractivity contribution in [3.05, 3.63) is 34.9 Å². The molecule has 3 aliphatic rings. The van der Waals surface area contributed by atoms with E-state index in [1.165, 1.54) is 30.4 Å². The fraction of sp³-hybridized carbons (Fsp3) is 0.600. The van der Waals surface area contributed by atoms with Gasteiger partial charge in [0.25, 0.3) is 0 Å². The Labute approximate surface area is 157 Å². The Bertz CT molecular complexity index is 755. The lowest BCUT2D eigenvalue weighted by Gasteiger charge is -2.36. The minimum absolute atomic E-state index is 0.0709. The maximum atomic E-state index is 12.7. The molecule has 0 N–H and O–H groups in total. The van der Waals surface area contributed by atoms with Gasteiger partial charge < -0.3 is 0 Å². The molecule has 2 heterocycles. The summed E-state index contributed by atoms with van der Waals surface area (Å²) in [4.78, 5) is 14.3. The highest BCUT2D eigenvalue weighted by Crippen LogP contribution is 2.28. The molecular formula is C20H24F3N3O. The van der Waals surface area contributed by atoms with Gasteiger partial charge >= 0.3 is 6.18 Å². The van der Waals surface area contributed by atoms with Gasteiger partial charge in [-0.25, -0.2) is 5.01 Å². The molecule has 1 aromatic rings. The Hall–Kier alpha value is -1.89.